The number of nitrogens with one attached hydrogen (secondary N) is 1. The van der Waals surface area contributed by atoms with Crippen LogP contribution < -0.4 is 10.9 Å². The van der Waals surface area contributed by atoms with Crippen molar-refractivity contribution in [2.45, 2.75) is 47.1 Å². The summed E-state index contributed by atoms with van der Waals surface area (Å²) in [6.07, 6.45) is 2.13. The molecule has 0 amide bonds. The number of hydrogen-bond donors (Lipinski definition) is 1. The summed E-state index contributed by atoms with van der Waals surface area (Å²) in [4.78, 5) is 13.7. The predicted molar refractivity (Wildman–Crippen MR) is 96.9 cm³/mol. The molecule has 0 bridgehead atoms. The average molecular weight is 318 g/mol. The van der Waals surface area contributed by atoms with Gasteiger partial charge in [0.2, 0.25) is 0 Å². The van der Waals surface area contributed by atoms with Crippen LogP contribution in [-0.2, 0) is 6.54 Å². The maximum Gasteiger partial charge on any atom is 0.284 e. The van der Waals surface area contributed by atoms with Gasteiger partial charge in [0.25, 0.3) is 5.56 Å². The van der Waals surface area contributed by atoms with E-state index in [4.69, 9.17) is 0 Å². The van der Waals surface area contributed by atoms with Crippen molar-refractivity contribution in [2.75, 3.05) is 11.9 Å². The summed E-state index contributed by atoms with van der Waals surface area (Å²) in [5.41, 5.74) is 2.11. The van der Waals surface area contributed by atoms with E-state index in [1.54, 1.807) is 11.5 Å². The lowest BCUT2D eigenvalue weighted by molar-refractivity contribution is 0.443. The van der Waals surface area contributed by atoms with Crippen LogP contribution in [0.3, 0.4) is 0 Å². The zero-order valence-corrected chi connectivity index (χ0v) is 14.8. The molecule has 120 valence electrons. The van der Waals surface area contributed by atoms with Crippen LogP contribution in [0.5, 0.6) is 0 Å². The summed E-state index contributed by atoms with van der Waals surface area (Å²) in [5, 5.41) is 3.39. The highest BCUT2D eigenvalue weighted by Gasteiger charge is 2.18. The standard InChI is InChI=1S/C18H26N2OS/c1-5-6-12-20-17(21)15(19-13-18(2,3)4)16(22-20)14-10-8-7-9-11-14/h7-11,19H,5-6,12-13H2,1-4H3. The molecule has 1 heterocycles. The number of aromatic nitrogens is 1. The third kappa shape index (κ3) is 4.23. The monoisotopic (exact) mass is 318 g/mol. The highest BCUT2D eigenvalue weighted by Crippen LogP contribution is 2.31. The molecule has 0 spiro atoms. The number of rotatable bonds is 6. The molecule has 0 aliphatic heterocycles. The first-order valence-corrected chi connectivity index (χ1v) is 8.73. The maximum atomic E-state index is 12.7. The molecule has 0 saturated carbocycles. The third-order valence-corrected chi connectivity index (χ3v) is 4.61. The lowest BCUT2D eigenvalue weighted by Gasteiger charge is -2.19. The molecule has 1 aromatic heterocycles. The molecule has 0 fully saturated rings. The number of anilines is 1. The number of benzene rings is 1. The summed E-state index contributed by atoms with van der Waals surface area (Å²) in [7, 11) is 0. The fourth-order valence-corrected chi connectivity index (χ4v) is 3.27. The van der Waals surface area contributed by atoms with Crippen LogP contribution in [0.2, 0.25) is 0 Å². The van der Waals surface area contributed by atoms with E-state index in [0.717, 1.165) is 42.1 Å². The van der Waals surface area contributed by atoms with Crippen LogP contribution >= 0.6 is 11.5 Å². The van der Waals surface area contributed by atoms with Gasteiger partial charge in [0, 0.05) is 13.1 Å². The van der Waals surface area contributed by atoms with Crippen LogP contribution in [0.25, 0.3) is 10.4 Å². The van der Waals surface area contributed by atoms with Crippen LogP contribution in [0.4, 0.5) is 5.69 Å². The van der Waals surface area contributed by atoms with E-state index in [0.29, 0.717) is 0 Å². The van der Waals surface area contributed by atoms with Gasteiger partial charge in [-0.25, -0.2) is 0 Å². The molecule has 0 aliphatic carbocycles. The number of hydrogen-bond acceptors (Lipinski definition) is 3. The van der Waals surface area contributed by atoms with Crippen molar-refractivity contribution in [3.63, 3.8) is 0 Å². The second-order valence-corrected chi connectivity index (χ2v) is 7.87. The van der Waals surface area contributed by atoms with Gasteiger partial charge in [-0.05, 0) is 17.4 Å². The Bertz CT molecular complexity index is 650. The molecule has 1 aromatic carbocycles. The molecule has 22 heavy (non-hydrogen) atoms. The molecule has 0 atom stereocenters. The van der Waals surface area contributed by atoms with Crippen molar-refractivity contribution in [2.24, 2.45) is 5.41 Å². The van der Waals surface area contributed by atoms with Crippen LogP contribution in [0.15, 0.2) is 35.1 Å². The Morgan fingerprint density at radius 1 is 1.18 bits per heavy atom. The molecule has 0 saturated heterocycles. The third-order valence-electron chi connectivity index (χ3n) is 3.42. The van der Waals surface area contributed by atoms with Crippen molar-refractivity contribution >= 4 is 17.2 Å². The number of unbranched alkanes of at least 4 members (excludes halogenated alkanes) is 1. The topological polar surface area (TPSA) is 34.0 Å². The van der Waals surface area contributed by atoms with Crippen molar-refractivity contribution in [3.05, 3.63) is 40.7 Å². The molecular formula is C18H26N2OS. The minimum absolute atomic E-state index is 0.113. The van der Waals surface area contributed by atoms with Crippen molar-refractivity contribution in [3.8, 4) is 10.4 Å². The van der Waals surface area contributed by atoms with Crippen LogP contribution in [0, 0.1) is 5.41 Å². The summed E-state index contributed by atoms with van der Waals surface area (Å²) < 4.78 is 1.89. The molecule has 0 unspecified atom stereocenters. The van der Waals surface area contributed by atoms with Gasteiger partial charge in [-0.3, -0.25) is 8.75 Å². The summed E-state index contributed by atoms with van der Waals surface area (Å²) >= 11 is 1.57. The van der Waals surface area contributed by atoms with Gasteiger partial charge in [0.1, 0.15) is 5.69 Å². The Labute approximate surface area is 137 Å². The summed E-state index contributed by atoms with van der Waals surface area (Å²) in [5.74, 6) is 0. The fraction of sp³-hybridized carbons (Fsp3) is 0.500. The smallest absolute Gasteiger partial charge is 0.284 e. The van der Waals surface area contributed by atoms with Crippen molar-refractivity contribution in [1.82, 2.24) is 3.96 Å². The SMILES string of the molecule is CCCCn1sc(-c2ccccc2)c(NCC(C)(C)C)c1=O. The Morgan fingerprint density at radius 2 is 1.86 bits per heavy atom. The molecule has 3 nitrogen and oxygen atoms in total. The van der Waals surface area contributed by atoms with E-state index >= 15 is 0 Å². The van der Waals surface area contributed by atoms with E-state index in [-0.39, 0.29) is 11.0 Å². The highest BCUT2D eigenvalue weighted by molar-refractivity contribution is 7.10. The van der Waals surface area contributed by atoms with Crippen LogP contribution in [0.1, 0.15) is 40.5 Å². The summed E-state index contributed by atoms with van der Waals surface area (Å²) in [6, 6.07) is 10.2. The van der Waals surface area contributed by atoms with Gasteiger partial charge in [-0.1, -0.05) is 76.0 Å². The van der Waals surface area contributed by atoms with Gasteiger partial charge in [-0.15, -0.1) is 0 Å². The Balaban J connectivity index is 2.39. The zero-order valence-electron chi connectivity index (χ0n) is 14.0. The molecule has 2 aromatic rings. The second kappa shape index (κ2) is 7.14. The van der Waals surface area contributed by atoms with Crippen LogP contribution in [-0.4, -0.2) is 10.5 Å². The fourth-order valence-electron chi connectivity index (χ4n) is 2.16. The Hall–Kier alpha value is -1.55. The first-order valence-electron chi connectivity index (χ1n) is 7.96. The van der Waals surface area contributed by atoms with Crippen molar-refractivity contribution in [1.29, 1.82) is 0 Å². The van der Waals surface area contributed by atoms with E-state index in [9.17, 15) is 4.79 Å². The number of aryl methyl sites for hydroxylation is 1. The van der Waals surface area contributed by atoms with E-state index in [2.05, 4.69) is 45.1 Å². The lowest BCUT2D eigenvalue weighted by Crippen LogP contribution is -2.24. The predicted octanol–water partition coefficient (Wildman–Crippen LogP) is 4.83. The van der Waals surface area contributed by atoms with E-state index < -0.39 is 0 Å². The zero-order chi connectivity index (χ0) is 16.2. The molecule has 0 aliphatic rings. The van der Waals surface area contributed by atoms with E-state index in [1.807, 2.05) is 22.2 Å². The van der Waals surface area contributed by atoms with Gasteiger partial charge >= 0.3 is 0 Å². The molecule has 4 heteroatoms. The minimum Gasteiger partial charge on any atom is -0.379 e. The normalized spacial score (nSPS) is 11.6. The van der Waals surface area contributed by atoms with Gasteiger partial charge in [-0.2, -0.15) is 0 Å². The lowest BCUT2D eigenvalue weighted by atomic mass is 9.97. The van der Waals surface area contributed by atoms with Gasteiger partial charge < -0.3 is 5.32 Å². The largest absolute Gasteiger partial charge is 0.379 e. The number of nitrogens with zero attached hydrogens (tertiary/aromatic N) is 1. The summed E-state index contributed by atoms with van der Waals surface area (Å²) in [6.45, 7) is 10.2. The average Bonchev–Trinajstić information content (AvgIpc) is 2.79. The van der Waals surface area contributed by atoms with Crippen molar-refractivity contribution < 1.29 is 0 Å². The molecule has 2 rings (SSSR count). The first kappa shape index (κ1) is 16.8. The minimum atomic E-state index is 0.113. The Kier molecular flexibility index (Phi) is 5.46. The molecule has 1 N–H and O–H groups in total. The maximum absolute atomic E-state index is 12.7. The first-order chi connectivity index (χ1) is 10.4. The Morgan fingerprint density at radius 3 is 2.45 bits per heavy atom. The quantitative estimate of drug-likeness (QED) is 0.827. The molecule has 0 radical (unpaired) electrons. The van der Waals surface area contributed by atoms with Gasteiger partial charge in [0.15, 0.2) is 0 Å². The molecular weight excluding hydrogens is 292 g/mol. The van der Waals surface area contributed by atoms with E-state index in [1.165, 1.54) is 0 Å². The highest BCUT2D eigenvalue weighted by atomic mass is 32.1. The van der Waals surface area contributed by atoms with Gasteiger partial charge in [0.05, 0.1) is 4.88 Å². The second-order valence-electron chi connectivity index (χ2n) is 6.84.